The van der Waals surface area contributed by atoms with Crippen molar-refractivity contribution in [3.05, 3.63) is 33.8 Å². The number of amides is 2. The molecule has 0 atom stereocenters. The maximum Gasteiger partial charge on any atom is 0.255 e. The number of halogens is 2. The Morgan fingerprint density at radius 1 is 1.17 bits per heavy atom. The van der Waals surface area contributed by atoms with E-state index in [4.69, 9.17) is 23.2 Å². The van der Waals surface area contributed by atoms with Crippen LogP contribution < -0.4 is 5.32 Å². The summed E-state index contributed by atoms with van der Waals surface area (Å²) in [4.78, 5) is 28.1. The van der Waals surface area contributed by atoms with Crippen LogP contribution in [0.2, 0.25) is 10.0 Å². The molecule has 1 N–H and O–H groups in total. The standard InChI is InChI=1S/C16H21Cl2N3O2/c1-11(2)19-14(22)10-20-6-8-21(9-7-20)16(23)12-4-3-5-13(17)15(12)18/h3-5,11H,6-10H2,1-2H3,(H,19,22). The van der Waals surface area contributed by atoms with Crippen LogP contribution in [0.4, 0.5) is 0 Å². The number of carbonyl (C=O) groups excluding carboxylic acids is 2. The summed E-state index contributed by atoms with van der Waals surface area (Å²) in [5, 5.41) is 3.54. The predicted octanol–water partition coefficient (Wildman–Crippen LogP) is 2.28. The second kappa shape index (κ2) is 7.99. The lowest BCUT2D eigenvalue weighted by Gasteiger charge is -2.34. The fourth-order valence-electron chi connectivity index (χ4n) is 2.52. The van der Waals surface area contributed by atoms with E-state index in [1.165, 1.54) is 0 Å². The van der Waals surface area contributed by atoms with Crippen LogP contribution in [-0.2, 0) is 4.79 Å². The van der Waals surface area contributed by atoms with Crippen LogP contribution in [-0.4, -0.2) is 60.4 Å². The van der Waals surface area contributed by atoms with Gasteiger partial charge in [-0.05, 0) is 26.0 Å². The van der Waals surface area contributed by atoms with Crippen LogP contribution in [0.25, 0.3) is 0 Å². The first-order valence-electron chi connectivity index (χ1n) is 7.63. The molecule has 1 aromatic carbocycles. The largest absolute Gasteiger partial charge is 0.353 e. The summed E-state index contributed by atoms with van der Waals surface area (Å²) in [5.41, 5.74) is 0.421. The van der Waals surface area contributed by atoms with E-state index >= 15 is 0 Å². The summed E-state index contributed by atoms with van der Waals surface area (Å²) in [6, 6.07) is 5.19. The molecule has 0 bridgehead atoms. The number of carbonyl (C=O) groups is 2. The Kier molecular flexibility index (Phi) is 6.27. The van der Waals surface area contributed by atoms with E-state index < -0.39 is 0 Å². The number of rotatable bonds is 4. The molecular weight excluding hydrogens is 337 g/mol. The van der Waals surface area contributed by atoms with Crippen LogP contribution in [0.1, 0.15) is 24.2 Å². The van der Waals surface area contributed by atoms with Gasteiger partial charge >= 0.3 is 0 Å². The highest BCUT2D eigenvalue weighted by molar-refractivity contribution is 6.43. The number of hydrogen-bond acceptors (Lipinski definition) is 3. The summed E-state index contributed by atoms with van der Waals surface area (Å²) in [7, 11) is 0. The number of nitrogens with zero attached hydrogens (tertiary/aromatic N) is 2. The smallest absolute Gasteiger partial charge is 0.255 e. The molecular formula is C16H21Cl2N3O2. The molecule has 7 heteroatoms. The Bertz CT molecular complexity index is 585. The molecule has 1 aromatic rings. The summed E-state index contributed by atoms with van der Waals surface area (Å²) in [6.45, 7) is 6.68. The predicted molar refractivity (Wildman–Crippen MR) is 92.1 cm³/mol. The number of piperazine rings is 1. The lowest BCUT2D eigenvalue weighted by molar-refractivity contribution is -0.123. The fourth-order valence-corrected chi connectivity index (χ4v) is 2.90. The maximum atomic E-state index is 12.5. The van der Waals surface area contributed by atoms with Crippen LogP contribution >= 0.6 is 23.2 Å². The number of nitrogens with one attached hydrogen (secondary N) is 1. The molecule has 23 heavy (non-hydrogen) atoms. The zero-order chi connectivity index (χ0) is 17.0. The van der Waals surface area contributed by atoms with Crippen molar-refractivity contribution in [2.24, 2.45) is 0 Å². The zero-order valence-corrected chi connectivity index (χ0v) is 14.8. The van der Waals surface area contributed by atoms with Gasteiger partial charge in [0.2, 0.25) is 5.91 Å². The summed E-state index contributed by atoms with van der Waals surface area (Å²) >= 11 is 12.1. The average Bonchev–Trinajstić information content (AvgIpc) is 2.49. The van der Waals surface area contributed by atoms with Gasteiger partial charge in [0, 0.05) is 32.2 Å². The van der Waals surface area contributed by atoms with Crippen molar-refractivity contribution in [3.8, 4) is 0 Å². The lowest BCUT2D eigenvalue weighted by atomic mass is 10.1. The summed E-state index contributed by atoms with van der Waals surface area (Å²) < 4.78 is 0. The van der Waals surface area contributed by atoms with Gasteiger partial charge in [-0.2, -0.15) is 0 Å². The third kappa shape index (κ3) is 4.83. The van der Waals surface area contributed by atoms with Crippen molar-refractivity contribution < 1.29 is 9.59 Å². The topological polar surface area (TPSA) is 52.7 Å². The molecule has 0 unspecified atom stereocenters. The van der Waals surface area contributed by atoms with E-state index in [0.717, 1.165) is 0 Å². The first kappa shape index (κ1) is 18.0. The highest BCUT2D eigenvalue weighted by atomic mass is 35.5. The van der Waals surface area contributed by atoms with Gasteiger partial charge < -0.3 is 10.2 Å². The van der Waals surface area contributed by atoms with E-state index in [1.807, 2.05) is 18.7 Å². The van der Waals surface area contributed by atoms with Crippen molar-refractivity contribution >= 4 is 35.0 Å². The minimum atomic E-state index is -0.121. The van der Waals surface area contributed by atoms with Gasteiger partial charge in [0.25, 0.3) is 5.91 Å². The molecule has 0 spiro atoms. The molecule has 2 rings (SSSR count). The third-order valence-electron chi connectivity index (χ3n) is 3.66. The number of benzene rings is 1. The minimum Gasteiger partial charge on any atom is -0.353 e. The van der Waals surface area contributed by atoms with E-state index in [0.29, 0.717) is 43.3 Å². The van der Waals surface area contributed by atoms with Crippen molar-refractivity contribution in [3.63, 3.8) is 0 Å². The molecule has 1 aliphatic heterocycles. The Hall–Kier alpha value is -1.30. The van der Waals surface area contributed by atoms with Crippen molar-refractivity contribution in [2.45, 2.75) is 19.9 Å². The van der Waals surface area contributed by atoms with E-state index in [-0.39, 0.29) is 22.9 Å². The van der Waals surface area contributed by atoms with Crippen molar-refractivity contribution in [2.75, 3.05) is 32.7 Å². The fraction of sp³-hybridized carbons (Fsp3) is 0.500. The van der Waals surface area contributed by atoms with Gasteiger partial charge in [0.15, 0.2) is 0 Å². The molecule has 1 saturated heterocycles. The Balaban J connectivity index is 1.90. The molecule has 0 saturated carbocycles. The molecule has 0 radical (unpaired) electrons. The molecule has 2 amide bonds. The van der Waals surface area contributed by atoms with Gasteiger partial charge in [0.05, 0.1) is 22.2 Å². The summed E-state index contributed by atoms with van der Waals surface area (Å²) in [6.07, 6.45) is 0. The molecule has 1 heterocycles. The maximum absolute atomic E-state index is 12.5. The van der Waals surface area contributed by atoms with Gasteiger partial charge in [-0.3, -0.25) is 14.5 Å². The Labute approximate surface area is 146 Å². The highest BCUT2D eigenvalue weighted by Gasteiger charge is 2.25. The normalized spacial score (nSPS) is 15.8. The van der Waals surface area contributed by atoms with Crippen LogP contribution in [0.5, 0.6) is 0 Å². The first-order valence-corrected chi connectivity index (χ1v) is 8.39. The quantitative estimate of drug-likeness (QED) is 0.899. The average molecular weight is 358 g/mol. The third-order valence-corrected chi connectivity index (χ3v) is 4.48. The second-order valence-electron chi connectivity index (χ2n) is 5.89. The number of hydrogen-bond donors (Lipinski definition) is 1. The van der Waals surface area contributed by atoms with Gasteiger partial charge in [-0.15, -0.1) is 0 Å². The monoisotopic (exact) mass is 357 g/mol. The van der Waals surface area contributed by atoms with Gasteiger partial charge in [-0.25, -0.2) is 0 Å². The molecule has 126 valence electrons. The molecule has 5 nitrogen and oxygen atoms in total. The molecule has 1 aliphatic rings. The van der Waals surface area contributed by atoms with E-state index in [9.17, 15) is 9.59 Å². The van der Waals surface area contributed by atoms with Gasteiger partial charge in [-0.1, -0.05) is 29.3 Å². The molecule has 1 fully saturated rings. The Morgan fingerprint density at radius 2 is 1.83 bits per heavy atom. The highest BCUT2D eigenvalue weighted by Crippen LogP contribution is 2.26. The van der Waals surface area contributed by atoms with Crippen molar-refractivity contribution in [1.82, 2.24) is 15.1 Å². The van der Waals surface area contributed by atoms with E-state index in [1.54, 1.807) is 23.1 Å². The Morgan fingerprint density at radius 3 is 2.43 bits per heavy atom. The zero-order valence-electron chi connectivity index (χ0n) is 13.3. The molecule has 0 aromatic heterocycles. The van der Waals surface area contributed by atoms with Crippen LogP contribution in [0.15, 0.2) is 18.2 Å². The van der Waals surface area contributed by atoms with Gasteiger partial charge in [0.1, 0.15) is 0 Å². The molecule has 0 aliphatic carbocycles. The van der Waals surface area contributed by atoms with E-state index in [2.05, 4.69) is 5.32 Å². The first-order chi connectivity index (χ1) is 10.9. The summed E-state index contributed by atoms with van der Waals surface area (Å²) in [5.74, 6) is -0.110. The minimum absolute atomic E-state index is 0.0117. The second-order valence-corrected chi connectivity index (χ2v) is 6.68. The van der Waals surface area contributed by atoms with Crippen LogP contribution in [0.3, 0.4) is 0 Å². The van der Waals surface area contributed by atoms with Crippen molar-refractivity contribution in [1.29, 1.82) is 0 Å². The lowest BCUT2D eigenvalue weighted by Crippen LogP contribution is -2.51. The van der Waals surface area contributed by atoms with Crippen LogP contribution in [0, 0.1) is 0 Å². The SMILES string of the molecule is CC(C)NC(=O)CN1CCN(C(=O)c2cccc(Cl)c2Cl)CC1.